The van der Waals surface area contributed by atoms with Crippen molar-refractivity contribution in [2.75, 3.05) is 0 Å². The number of hydrogen-bond donors (Lipinski definition) is 1. The minimum absolute atomic E-state index is 0.0635. The molecular weight excluding hydrogens is 376 g/mol. The van der Waals surface area contributed by atoms with Crippen LogP contribution in [0.25, 0.3) is 0 Å². The predicted molar refractivity (Wildman–Crippen MR) is 59.7 cm³/mol. The predicted octanol–water partition coefficient (Wildman–Crippen LogP) is 1.54. The van der Waals surface area contributed by atoms with E-state index in [1.54, 1.807) is 0 Å². The monoisotopic (exact) mass is 382 g/mol. The van der Waals surface area contributed by atoms with E-state index in [4.69, 9.17) is 5.14 Å². The first-order chi connectivity index (χ1) is 7.52. The van der Waals surface area contributed by atoms with Crippen molar-refractivity contribution in [3.8, 4) is 5.75 Å². The first-order valence-electron chi connectivity index (χ1n) is 3.96. The summed E-state index contributed by atoms with van der Waals surface area (Å²) in [6.45, 7) is 1.41. The van der Waals surface area contributed by atoms with Crippen LogP contribution in [0.2, 0.25) is 0 Å². The number of primary sulfonamides is 1. The third kappa shape index (κ3) is 3.67. The SMILES string of the molecule is Cc1ncc(S(N)(=O)=O)c(OC(F)(F)F)c1I. The summed E-state index contributed by atoms with van der Waals surface area (Å²) in [6.07, 6.45) is -4.28. The third-order valence-corrected chi connectivity index (χ3v) is 3.81. The van der Waals surface area contributed by atoms with E-state index in [9.17, 15) is 21.6 Å². The van der Waals surface area contributed by atoms with Gasteiger partial charge in [0.1, 0.15) is 4.90 Å². The molecule has 1 rings (SSSR count). The second kappa shape index (κ2) is 4.57. The van der Waals surface area contributed by atoms with Gasteiger partial charge in [-0.25, -0.2) is 13.6 Å². The molecule has 0 saturated heterocycles. The fourth-order valence-electron chi connectivity index (χ4n) is 0.957. The van der Waals surface area contributed by atoms with Gasteiger partial charge >= 0.3 is 6.36 Å². The van der Waals surface area contributed by atoms with E-state index in [-0.39, 0.29) is 9.26 Å². The van der Waals surface area contributed by atoms with Gasteiger partial charge in [-0.15, -0.1) is 13.2 Å². The second-order valence-electron chi connectivity index (χ2n) is 2.94. The van der Waals surface area contributed by atoms with E-state index >= 15 is 0 Å². The summed E-state index contributed by atoms with van der Waals surface area (Å²) >= 11 is 1.50. The Morgan fingerprint density at radius 1 is 1.47 bits per heavy atom. The van der Waals surface area contributed by atoms with Crippen molar-refractivity contribution in [1.82, 2.24) is 4.98 Å². The number of aromatic nitrogens is 1. The maximum atomic E-state index is 12.1. The molecule has 0 atom stereocenters. The Morgan fingerprint density at radius 2 is 2.00 bits per heavy atom. The highest BCUT2D eigenvalue weighted by molar-refractivity contribution is 14.1. The van der Waals surface area contributed by atoms with Gasteiger partial charge in [-0.05, 0) is 29.5 Å². The van der Waals surface area contributed by atoms with Crippen LogP contribution in [0.3, 0.4) is 0 Å². The number of nitrogens with two attached hydrogens (primary N) is 1. The average molecular weight is 382 g/mol. The molecule has 10 heteroatoms. The maximum Gasteiger partial charge on any atom is 0.573 e. The van der Waals surface area contributed by atoms with E-state index in [1.165, 1.54) is 29.5 Å². The molecule has 0 saturated carbocycles. The number of nitrogens with zero attached hydrogens (tertiary/aromatic N) is 1. The molecule has 0 aliphatic rings. The van der Waals surface area contributed by atoms with Gasteiger partial charge in [0.05, 0.1) is 15.5 Å². The first kappa shape index (κ1) is 14.4. The van der Waals surface area contributed by atoms with Gasteiger partial charge in [0.15, 0.2) is 5.75 Å². The van der Waals surface area contributed by atoms with Gasteiger partial charge in [-0.2, -0.15) is 0 Å². The van der Waals surface area contributed by atoms with Gasteiger partial charge in [0, 0.05) is 0 Å². The normalized spacial score (nSPS) is 12.6. The lowest BCUT2D eigenvalue weighted by Gasteiger charge is -2.14. The Bertz CT molecular complexity index is 544. The summed E-state index contributed by atoms with van der Waals surface area (Å²) in [4.78, 5) is 2.82. The summed E-state index contributed by atoms with van der Waals surface area (Å²) in [7, 11) is -4.34. The number of alkyl halides is 3. The van der Waals surface area contributed by atoms with Crippen molar-refractivity contribution in [3.63, 3.8) is 0 Å². The van der Waals surface area contributed by atoms with Gasteiger partial charge in [0.2, 0.25) is 10.0 Å². The van der Waals surface area contributed by atoms with Crippen molar-refractivity contribution in [1.29, 1.82) is 0 Å². The van der Waals surface area contributed by atoms with Gasteiger partial charge < -0.3 is 4.74 Å². The highest BCUT2D eigenvalue weighted by Gasteiger charge is 2.35. The molecule has 17 heavy (non-hydrogen) atoms. The van der Waals surface area contributed by atoms with Crippen LogP contribution in [0, 0.1) is 10.5 Å². The summed E-state index contributed by atoms with van der Waals surface area (Å²) in [6, 6.07) is 0. The fraction of sp³-hybridized carbons (Fsp3) is 0.286. The highest BCUT2D eigenvalue weighted by atomic mass is 127. The molecule has 0 aliphatic heterocycles. The smallest absolute Gasteiger partial charge is 0.403 e. The van der Waals surface area contributed by atoms with E-state index in [1.807, 2.05) is 0 Å². The van der Waals surface area contributed by atoms with Crippen molar-refractivity contribution in [3.05, 3.63) is 15.5 Å². The van der Waals surface area contributed by atoms with Crippen LogP contribution < -0.4 is 9.88 Å². The lowest BCUT2D eigenvalue weighted by molar-refractivity contribution is -0.275. The molecule has 0 unspecified atom stereocenters. The molecule has 0 aliphatic carbocycles. The van der Waals surface area contributed by atoms with E-state index in [2.05, 4.69) is 9.72 Å². The molecule has 0 bridgehead atoms. The molecule has 0 aromatic carbocycles. The number of rotatable bonds is 2. The third-order valence-electron chi connectivity index (χ3n) is 1.64. The van der Waals surface area contributed by atoms with Gasteiger partial charge in [-0.3, -0.25) is 4.98 Å². The zero-order valence-corrected chi connectivity index (χ0v) is 11.2. The molecule has 2 N–H and O–H groups in total. The number of pyridine rings is 1. The van der Waals surface area contributed by atoms with Gasteiger partial charge in [-0.1, -0.05) is 0 Å². The first-order valence-corrected chi connectivity index (χ1v) is 6.58. The fourth-order valence-corrected chi connectivity index (χ4v) is 2.28. The molecule has 5 nitrogen and oxygen atoms in total. The standard InChI is InChI=1S/C7H6F3IN2O3S/c1-3-5(11)6(16-7(8,9)10)4(2-13-3)17(12,14)15/h2H,1H3,(H2,12,14,15). The molecule has 1 aromatic rings. The Hall–Kier alpha value is -0.620. The number of hydrogen-bond acceptors (Lipinski definition) is 4. The lowest BCUT2D eigenvalue weighted by atomic mass is 10.3. The summed E-state index contributed by atoms with van der Waals surface area (Å²) in [5.41, 5.74) is 0.206. The van der Waals surface area contributed by atoms with Crippen LogP contribution in [0.5, 0.6) is 5.75 Å². The number of sulfonamides is 1. The quantitative estimate of drug-likeness (QED) is 0.787. The average Bonchev–Trinajstić information content (AvgIpc) is 2.08. The van der Waals surface area contributed by atoms with Crippen LogP contribution in [0.4, 0.5) is 13.2 Å². The maximum absolute atomic E-state index is 12.1. The number of aryl methyl sites for hydroxylation is 1. The molecule has 0 fully saturated rings. The Kier molecular flexibility index (Phi) is 3.88. The van der Waals surface area contributed by atoms with E-state index in [0.717, 1.165) is 6.20 Å². The number of halogens is 4. The van der Waals surface area contributed by atoms with Crippen LogP contribution in [0.15, 0.2) is 11.1 Å². The number of ether oxygens (including phenoxy) is 1. The topological polar surface area (TPSA) is 82.3 Å². The molecule has 1 heterocycles. The largest absolute Gasteiger partial charge is 0.573 e. The Morgan fingerprint density at radius 3 is 2.41 bits per heavy atom. The van der Waals surface area contributed by atoms with E-state index < -0.39 is 27.0 Å². The molecule has 0 spiro atoms. The molecular formula is C7H6F3IN2O3S. The van der Waals surface area contributed by atoms with E-state index in [0.29, 0.717) is 0 Å². The van der Waals surface area contributed by atoms with Crippen LogP contribution in [0.1, 0.15) is 5.69 Å². The zero-order valence-electron chi connectivity index (χ0n) is 8.25. The minimum atomic E-state index is -5.01. The summed E-state index contributed by atoms with van der Waals surface area (Å²) in [5, 5.41) is 4.78. The minimum Gasteiger partial charge on any atom is -0.403 e. The lowest BCUT2D eigenvalue weighted by Crippen LogP contribution is -2.22. The highest BCUT2D eigenvalue weighted by Crippen LogP contribution is 2.34. The van der Waals surface area contributed by atoms with Gasteiger partial charge in [0.25, 0.3) is 0 Å². The van der Waals surface area contributed by atoms with Crippen LogP contribution in [-0.2, 0) is 10.0 Å². The van der Waals surface area contributed by atoms with Crippen LogP contribution >= 0.6 is 22.6 Å². The zero-order chi connectivity index (χ0) is 13.4. The van der Waals surface area contributed by atoms with Crippen LogP contribution in [-0.4, -0.2) is 19.8 Å². The Balaban J connectivity index is 3.48. The van der Waals surface area contributed by atoms with Crippen molar-refractivity contribution in [2.45, 2.75) is 18.2 Å². The molecule has 0 amide bonds. The molecule has 0 radical (unpaired) electrons. The summed E-state index contributed by atoms with van der Waals surface area (Å²) in [5.74, 6) is -0.854. The van der Waals surface area contributed by atoms with Crippen molar-refractivity contribution >= 4 is 32.6 Å². The second-order valence-corrected chi connectivity index (χ2v) is 5.55. The van der Waals surface area contributed by atoms with Crippen molar-refractivity contribution < 1.29 is 26.3 Å². The summed E-state index contributed by atoms with van der Waals surface area (Å²) < 4.78 is 62.2. The molecule has 96 valence electrons. The van der Waals surface area contributed by atoms with Crippen molar-refractivity contribution in [2.24, 2.45) is 5.14 Å². The Labute approximate surface area is 108 Å². The molecule has 1 aromatic heterocycles.